The molecule has 6 heteroatoms. The summed E-state index contributed by atoms with van der Waals surface area (Å²) in [6.07, 6.45) is 3.27. The van der Waals surface area contributed by atoms with Crippen LogP contribution in [0.25, 0.3) is 0 Å². The third-order valence-corrected chi connectivity index (χ3v) is 3.84. The lowest BCUT2D eigenvalue weighted by molar-refractivity contribution is 0.0778. The van der Waals surface area contributed by atoms with Crippen molar-refractivity contribution >= 4 is 11.7 Å². The molecule has 1 aromatic rings. The van der Waals surface area contributed by atoms with Gasteiger partial charge in [0, 0.05) is 31.9 Å². The zero-order valence-electron chi connectivity index (χ0n) is 12.9. The van der Waals surface area contributed by atoms with Gasteiger partial charge >= 0.3 is 0 Å². The van der Waals surface area contributed by atoms with Gasteiger partial charge < -0.3 is 15.1 Å². The number of amides is 1. The number of hydrogen-bond donors (Lipinski definition) is 1. The lowest BCUT2D eigenvalue weighted by Crippen LogP contribution is -2.35. The lowest BCUT2D eigenvalue weighted by atomic mass is 10.2. The minimum Gasteiger partial charge on any atom is -0.368 e. The molecule has 1 N–H and O–H groups in total. The van der Waals surface area contributed by atoms with Crippen LogP contribution in [0.4, 0.5) is 10.2 Å². The second-order valence-electron chi connectivity index (χ2n) is 5.61. The van der Waals surface area contributed by atoms with Crippen LogP contribution < -0.4 is 5.32 Å². The number of likely N-dealkylation sites (N-methyl/N-ethyl adjacent to an activating group) is 1. The summed E-state index contributed by atoms with van der Waals surface area (Å²) < 4.78 is 14.4. The van der Waals surface area contributed by atoms with Crippen LogP contribution in [-0.4, -0.2) is 60.5 Å². The van der Waals surface area contributed by atoms with Gasteiger partial charge in [0.05, 0.1) is 5.56 Å². The number of halogens is 1. The van der Waals surface area contributed by atoms with Gasteiger partial charge in [-0.3, -0.25) is 4.79 Å². The van der Waals surface area contributed by atoms with Gasteiger partial charge in [0.1, 0.15) is 0 Å². The largest absolute Gasteiger partial charge is 0.368 e. The highest BCUT2D eigenvalue weighted by atomic mass is 19.1. The number of hydrogen-bond acceptors (Lipinski definition) is 4. The van der Waals surface area contributed by atoms with E-state index in [1.54, 1.807) is 4.90 Å². The van der Waals surface area contributed by atoms with Gasteiger partial charge in [0.25, 0.3) is 5.91 Å². The quantitative estimate of drug-likeness (QED) is 0.900. The minimum atomic E-state index is -0.552. The van der Waals surface area contributed by atoms with Crippen molar-refractivity contribution in [1.82, 2.24) is 14.8 Å². The molecule has 0 bridgehead atoms. The topological polar surface area (TPSA) is 48.5 Å². The highest BCUT2D eigenvalue weighted by Crippen LogP contribution is 2.20. The van der Waals surface area contributed by atoms with E-state index in [9.17, 15) is 9.18 Å². The zero-order chi connectivity index (χ0) is 15.4. The van der Waals surface area contributed by atoms with Gasteiger partial charge in [-0.2, -0.15) is 0 Å². The summed E-state index contributed by atoms with van der Waals surface area (Å²) in [4.78, 5) is 20.3. The average molecular weight is 294 g/mol. The maximum Gasteiger partial charge on any atom is 0.257 e. The molecule has 1 unspecified atom stereocenters. The van der Waals surface area contributed by atoms with Crippen LogP contribution in [-0.2, 0) is 0 Å². The van der Waals surface area contributed by atoms with Crippen molar-refractivity contribution in [2.75, 3.05) is 39.0 Å². The molecule has 1 aliphatic heterocycles. The standard InChI is InChI=1S/C15H23FN4O/c1-4-7-17-14-13(16)12(5-8-18-14)15(21)20-9-6-11(10-20)19(2)3/h5,8,11H,4,6-7,9-10H2,1-3H3,(H,17,18). The third-order valence-electron chi connectivity index (χ3n) is 3.84. The second-order valence-corrected chi connectivity index (χ2v) is 5.61. The van der Waals surface area contributed by atoms with Crippen molar-refractivity contribution in [3.63, 3.8) is 0 Å². The molecule has 2 heterocycles. The summed E-state index contributed by atoms with van der Waals surface area (Å²) >= 11 is 0. The first-order valence-corrected chi connectivity index (χ1v) is 7.38. The molecular weight excluding hydrogens is 271 g/mol. The van der Waals surface area contributed by atoms with Gasteiger partial charge in [-0.25, -0.2) is 9.37 Å². The Morgan fingerprint density at radius 3 is 2.95 bits per heavy atom. The van der Waals surface area contributed by atoms with Crippen molar-refractivity contribution < 1.29 is 9.18 Å². The Morgan fingerprint density at radius 1 is 1.57 bits per heavy atom. The minimum absolute atomic E-state index is 0.100. The van der Waals surface area contributed by atoms with Crippen molar-refractivity contribution in [3.8, 4) is 0 Å². The van der Waals surface area contributed by atoms with Crippen molar-refractivity contribution in [1.29, 1.82) is 0 Å². The third kappa shape index (κ3) is 3.50. The number of rotatable bonds is 5. The van der Waals surface area contributed by atoms with Crippen LogP contribution in [0.5, 0.6) is 0 Å². The summed E-state index contributed by atoms with van der Waals surface area (Å²) in [5.41, 5.74) is 0.100. The molecular formula is C15H23FN4O. The Labute approximate surface area is 125 Å². The number of pyridine rings is 1. The number of likely N-dealkylation sites (tertiary alicyclic amines) is 1. The summed E-state index contributed by atoms with van der Waals surface area (Å²) in [5, 5.41) is 2.91. The van der Waals surface area contributed by atoms with E-state index in [0.29, 0.717) is 25.7 Å². The number of nitrogens with one attached hydrogen (secondary N) is 1. The number of anilines is 1. The molecule has 1 atom stereocenters. The van der Waals surface area contributed by atoms with E-state index in [2.05, 4.69) is 15.2 Å². The molecule has 0 aromatic carbocycles. The van der Waals surface area contributed by atoms with Gasteiger partial charge in [0.15, 0.2) is 11.6 Å². The van der Waals surface area contributed by atoms with E-state index in [-0.39, 0.29) is 17.3 Å². The molecule has 21 heavy (non-hydrogen) atoms. The summed E-state index contributed by atoms with van der Waals surface area (Å²) in [5.74, 6) is -0.644. The monoisotopic (exact) mass is 294 g/mol. The SMILES string of the molecule is CCCNc1nccc(C(=O)N2CCC(N(C)C)C2)c1F. The molecule has 0 aliphatic carbocycles. The fraction of sp³-hybridized carbons (Fsp3) is 0.600. The Bertz CT molecular complexity index is 506. The van der Waals surface area contributed by atoms with E-state index in [4.69, 9.17) is 0 Å². The molecule has 1 amide bonds. The van der Waals surface area contributed by atoms with E-state index < -0.39 is 5.82 Å². The smallest absolute Gasteiger partial charge is 0.257 e. The van der Waals surface area contributed by atoms with E-state index >= 15 is 0 Å². The Kier molecular flexibility index (Phi) is 5.12. The second kappa shape index (κ2) is 6.85. The normalized spacial score (nSPS) is 18.3. The van der Waals surface area contributed by atoms with E-state index in [1.807, 2.05) is 21.0 Å². The lowest BCUT2D eigenvalue weighted by Gasteiger charge is -2.20. The average Bonchev–Trinajstić information content (AvgIpc) is 2.95. The van der Waals surface area contributed by atoms with E-state index in [1.165, 1.54) is 12.3 Å². The number of aromatic nitrogens is 1. The highest BCUT2D eigenvalue weighted by Gasteiger charge is 2.29. The van der Waals surface area contributed by atoms with Crippen LogP contribution in [0, 0.1) is 5.82 Å². The molecule has 0 saturated carbocycles. The van der Waals surface area contributed by atoms with Crippen molar-refractivity contribution in [3.05, 3.63) is 23.6 Å². The van der Waals surface area contributed by atoms with Crippen LogP contribution in [0.3, 0.4) is 0 Å². The summed E-state index contributed by atoms with van der Waals surface area (Å²) in [6, 6.07) is 1.80. The molecule has 2 rings (SSSR count). The Morgan fingerprint density at radius 2 is 2.33 bits per heavy atom. The molecule has 0 spiro atoms. The van der Waals surface area contributed by atoms with Crippen LogP contribution in [0.1, 0.15) is 30.1 Å². The zero-order valence-corrected chi connectivity index (χ0v) is 12.9. The number of nitrogens with zero attached hydrogens (tertiary/aromatic N) is 3. The molecule has 1 aliphatic rings. The molecule has 1 saturated heterocycles. The van der Waals surface area contributed by atoms with Crippen molar-refractivity contribution in [2.45, 2.75) is 25.8 Å². The maximum absolute atomic E-state index is 14.4. The fourth-order valence-electron chi connectivity index (χ4n) is 2.49. The Hall–Kier alpha value is -1.69. The van der Waals surface area contributed by atoms with Gasteiger partial charge in [-0.1, -0.05) is 6.92 Å². The maximum atomic E-state index is 14.4. The van der Waals surface area contributed by atoms with Crippen LogP contribution >= 0.6 is 0 Å². The first-order chi connectivity index (χ1) is 10.0. The molecule has 116 valence electrons. The predicted octanol–water partition coefficient (Wildman–Crippen LogP) is 1.82. The van der Waals surface area contributed by atoms with Crippen LogP contribution in [0.15, 0.2) is 12.3 Å². The van der Waals surface area contributed by atoms with Crippen molar-refractivity contribution in [2.24, 2.45) is 0 Å². The summed E-state index contributed by atoms with van der Waals surface area (Å²) in [6.45, 7) is 3.94. The number of carbonyl (C=O) groups excluding carboxylic acids is 1. The molecule has 0 radical (unpaired) electrons. The molecule has 5 nitrogen and oxygen atoms in total. The van der Waals surface area contributed by atoms with E-state index in [0.717, 1.165) is 12.8 Å². The molecule has 1 fully saturated rings. The fourth-order valence-corrected chi connectivity index (χ4v) is 2.49. The Balaban J connectivity index is 2.13. The predicted molar refractivity (Wildman–Crippen MR) is 81.0 cm³/mol. The first kappa shape index (κ1) is 15.7. The first-order valence-electron chi connectivity index (χ1n) is 7.38. The molecule has 1 aromatic heterocycles. The summed E-state index contributed by atoms with van der Waals surface area (Å²) in [7, 11) is 4.00. The van der Waals surface area contributed by atoms with Gasteiger partial charge in [-0.05, 0) is 33.0 Å². The highest BCUT2D eigenvalue weighted by molar-refractivity contribution is 5.95. The van der Waals surface area contributed by atoms with Gasteiger partial charge in [-0.15, -0.1) is 0 Å². The number of carbonyl (C=O) groups is 1. The van der Waals surface area contributed by atoms with Gasteiger partial charge in [0.2, 0.25) is 0 Å². The van der Waals surface area contributed by atoms with Crippen LogP contribution in [0.2, 0.25) is 0 Å².